The highest BCUT2D eigenvalue weighted by molar-refractivity contribution is 7.13. The lowest BCUT2D eigenvalue weighted by Crippen LogP contribution is -2.23. The van der Waals surface area contributed by atoms with Crippen LogP contribution in [0.4, 0.5) is 5.69 Å². The third-order valence-corrected chi connectivity index (χ3v) is 6.80. The smallest absolute Gasteiger partial charge is 0.202 e. The van der Waals surface area contributed by atoms with Crippen LogP contribution in [0, 0.1) is 0 Å². The van der Waals surface area contributed by atoms with Gasteiger partial charge in [0.25, 0.3) is 0 Å². The summed E-state index contributed by atoms with van der Waals surface area (Å²) >= 11 is 2.80. The molecule has 0 amide bonds. The number of aromatic hydroxyl groups is 2. The number of nitrogen functional groups attached to an aromatic ring is 1. The molecule has 2 heterocycles. The predicted molar refractivity (Wildman–Crippen MR) is 114 cm³/mol. The first-order chi connectivity index (χ1) is 14.0. The third-order valence-electron chi connectivity index (χ3n) is 5.00. The van der Waals surface area contributed by atoms with Crippen LogP contribution in [0.25, 0.3) is 20.9 Å². The number of fused-ring (bicyclic) bond motifs is 2. The number of thiophene rings is 2. The number of hydrogen-bond donors (Lipinski definition) is 3. The number of nitrogens with two attached hydrogens (primary N) is 1. The van der Waals surface area contributed by atoms with E-state index in [0.29, 0.717) is 11.1 Å². The lowest BCUT2D eigenvalue weighted by atomic mass is 9.79. The molecule has 5 nitrogen and oxygen atoms in total. The zero-order chi connectivity index (χ0) is 20.3. The van der Waals surface area contributed by atoms with E-state index in [1.165, 1.54) is 34.8 Å². The maximum atomic E-state index is 13.4. The van der Waals surface area contributed by atoms with Gasteiger partial charge in [0.05, 0.1) is 16.7 Å². The van der Waals surface area contributed by atoms with Crippen LogP contribution >= 0.6 is 22.7 Å². The molecule has 0 radical (unpaired) electrons. The highest BCUT2D eigenvalue weighted by Crippen LogP contribution is 2.47. The minimum Gasteiger partial charge on any atom is -0.507 e. The van der Waals surface area contributed by atoms with E-state index in [1.807, 2.05) is 29.0 Å². The zero-order valence-electron chi connectivity index (χ0n) is 14.8. The summed E-state index contributed by atoms with van der Waals surface area (Å²) in [6.45, 7) is 0. The Bertz CT molecular complexity index is 1310. The summed E-state index contributed by atoms with van der Waals surface area (Å²) < 4.78 is 0. The molecule has 0 spiro atoms. The van der Waals surface area contributed by atoms with Crippen molar-refractivity contribution in [2.45, 2.75) is 0 Å². The van der Waals surface area contributed by atoms with Gasteiger partial charge in [-0.15, -0.1) is 22.7 Å². The molecule has 0 bridgehead atoms. The van der Waals surface area contributed by atoms with Crippen LogP contribution in [0.5, 0.6) is 11.5 Å². The van der Waals surface area contributed by atoms with E-state index in [-0.39, 0.29) is 39.4 Å². The summed E-state index contributed by atoms with van der Waals surface area (Å²) in [6, 6.07) is 11.8. The van der Waals surface area contributed by atoms with E-state index in [0.717, 1.165) is 9.75 Å². The Morgan fingerprint density at radius 1 is 0.724 bits per heavy atom. The molecule has 4 aromatic rings. The maximum Gasteiger partial charge on any atom is 0.202 e. The first-order valence-electron chi connectivity index (χ1n) is 8.67. The van der Waals surface area contributed by atoms with Crippen LogP contribution in [0.15, 0.2) is 53.2 Å². The number of carbonyl (C=O) groups is 2. The molecule has 5 rings (SSSR count). The Labute approximate surface area is 173 Å². The molecule has 2 aromatic heterocycles. The largest absolute Gasteiger partial charge is 0.507 e. The Hall–Kier alpha value is -3.42. The average Bonchev–Trinajstić information content (AvgIpc) is 3.41. The van der Waals surface area contributed by atoms with Crippen LogP contribution in [-0.4, -0.2) is 21.8 Å². The summed E-state index contributed by atoms with van der Waals surface area (Å²) in [5.41, 5.74) is 7.07. The van der Waals surface area contributed by atoms with Crippen molar-refractivity contribution in [1.29, 1.82) is 0 Å². The van der Waals surface area contributed by atoms with Gasteiger partial charge in [0, 0.05) is 32.1 Å². The molecule has 2 aromatic carbocycles. The van der Waals surface area contributed by atoms with Crippen molar-refractivity contribution in [2.24, 2.45) is 0 Å². The van der Waals surface area contributed by atoms with Crippen molar-refractivity contribution in [2.75, 3.05) is 5.73 Å². The van der Waals surface area contributed by atoms with Gasteiger partial charge in [-0.1, -0.05) is 12.1 Å². The van der Waals surface area contributed by atoms with Gasteiger partial charge in [-0.2, -0.15) is 0 Å². The van der Waals surface area contributed by atoms with Gasteiger partial charge in [-0.05, 0) is 41.1 Å². The summed E-state index contributed by atoms with van der Waals surface area (Å²) in [5, 5.41) is 25.0. The molecule has 29 heavy (non-hydrogen) atoms. The number of benzene rings is 2. The highest BCUT2D eigenvalue weighted by Gasteiger charge is 2.38. The van der Waals surface area contributed by atoms with E-state index in [4.69, 9.17) is 5.73 Å². The Morgan fingerprint density at radius 2 is 1.34 bits per heavy atom. The average molecular weight is 419 g/mol. The Kier molecular flexibility index (Phi) is 3.84. The normalized spacial score (nSPS) is 12.7. The standard InChI is InChI=1S/C22H13NO4S2/c23-12-9-11(15-4-2-8-29-15)20(25)19-17(12)21(26)16-10(14-3-1-7-28-14)5-6-13(24)18(16)22(19)27/h1-9,24-25H,23H2. The second-order valence-corrected chi connectivity index (χ2v) is 8.50. The fourth-order valence-corrected chi connectivity index (χ4v) is 5.22. The molecule has 142 valence electrons. The lowest BCUT2D eigenvalue weighted by molar-refractivity contribution is 0.0975. The van der Waals surface area contributed by atoms with Gasteiger partial charge in [-0.3, -0.25) is 9.59 Å². The summed E-state index contributed by atoms with van der Waals surface area (Å²) in [5.74, 6) is -1.71. The minimum absolute atomic E-state index is 0.0243. The van der Waals surface area contributed by atoms with Crippen molar-refractivity contribution in [3.63, 3.8) is 0 Å². The van der Waals surface area contributed by atoms with Gasteiger partial charge >= 0.3 is 0 Å². The number of rotatable bonds is 2. The molecular formula is C22H13NO4S2. The lowest BCUT2D eigenvalue weighted by Gasteiger charge is -2.23. The summed E-state index contributed by atoms with van der Waals surface area (Å²) in [4.78, 5) is 28.3. The van der Waals surface area contributed by atoms with Gasteiger partial charge in [0.2, 0.25) is 5.78 Å². The summed E-state index contributed by atoms with van der Waals surface area (Å²) in [7, 11) is 0. The van der Waals surface area contributed by atoms with Crippen LogP contribution in [0.1, 0.15) is 31.8 Å². The SMILES string of the molecule is Nc1cc(-c2cccs2)c(O)c2c1C(=O)c1c(-c3cccs3)ccc(O)c1C2=O. The minimum atomic E-state index is -0.617. The predicted octanol–water partition coefficient (Wildman–Crippen LogP) is 4.91. The van der Waals surface area contributed by atoms with Gasteiger partial charge < -0.3 is 15.9 Å². The van der Waals surface area contributed by atoms with Crippen molar-refractivity contribution < 1.29 is 19.8 Å². The van der Waals surface area contributed by atoms with Gasteiger partial charge in [0.1, 0.15) is 11.5 Å². The molecular weight excluding hydrogens is 406 g/mol. The molecule has 0 aliphatic heterocycles. The van der Waals surface area contributed by atoms with E-state index >= 15 is 0 Å². The second-order valence-electron chi connectivity index (χ2n) is 6.61. The van der Waals surface area contributed by atoms with Crippen LogP contribution in [-0.2, 0) is 0 Å². The zero-order valence-corrected chi connectivity index (χ0v) is 16.4. The third kappa shape index (κ3) is 2.45. The fourth-order valence-electron chi connectivity index (χ4n) is 3.72. The molecule has 0 saturated heterocycles. The Morgan fingerprint density at radius 3 is 1.97 bits per heavy atom. The first-order valence-corrected chi connectivity index (χ1v) is 10.4. The van der Waals surface area contributed by atoms with E-state index < -0.39 is 11.6 Å². The van der Waals surface area contributed by atoms with Gasteiger partial charge in [0.15, 0.2) is 5.78 Å². The molecule has 0 saturated carbocycles. The number of ketones is 2. The first kappa shape index (κ1) is 17.7. The second kappa shape index (κ2) is 6.30. The van der Waals surface area contributed by atoms with Crippen molar-refractivity contribution in [3.8, 4) is 32.4 Å². The monoisotopic (exact) mass is 419 g/mol. The molecule has 1 aliphatic rings. The van der Waals surface area contributed by atoms with Crippen LogP contribution in [0.2, 0.25) is 0 Å². The topological polar surface area (TPSA) is 101 Å². The molecule has 7 heteroatoms. The Balaban J connectivity index is 1.83. The highest BCUT2D eigenvalue weighted by atomic mass is 32.1. The van der Waals surface area contributed by atoms with E-state index in [2.05, 4.69) is 0 Å². The number of phenols is 2. The summed E-state index contributed by atoms with van der Waals surface area (Å²) in [6.07, 6.45) is 0. The van der Waals surface area contributed by atoms with Crippen molar-refractivity contribution in [3.05, 3.63) is 75.5 Å². The number of carbonyl (C=O) groups excluding carboxylic acids is 2. The number of hydrogen-bond acceptors (Lipinski definition) is 7. The van der Waals surface area contributed by atoms with Crippen LogP contribution in [0.3, 0.4) is 0 Å². The van der Waals surface area contributed by atoms with Crippen molar-refractivity contribution >= 4 is 39.9 Å². The molecule has 0 atom stereocenters. The molecule has 0 unspecified atom stereocenters. The van der Waals surface area contributed by atoms with Gasteiger partial charge in [-0.25, -0.2) is 0 Å². The van der Waals surface area contributed by atoms with Crippen LogP contribution < -0.4 is 5.73 Å². The quantitative estimate of drug-likeness (QED) is 0.279. The molecule has 4 N–H and O–H groups in total. The fraction of sp³-hybridized carbons (Fsp3) is 0. The number of phenolic OH excluding ortho intramolecular Hbond substituents is 2. The van der Waals surface area contributed by atoms with Crippen molar-refractivity contribution in [1.82, 2.24) is 0 Å². The molecule has 1 aliphatic carbocycles. The van der Waals surface area contributed by atoms with E-state index in [1.54, 1.807) is 12.1 Å². The van der Waals surface area contributed by atoms with E-state index in [9.17, 15) is 19.8 Å². The maximum absolute atomic E-state index is 13.4. The number of anilines is 1. The molecule has 0 fully saturated rings.